The average molecular weight is 450 g/mol. The molecule has 11 heteroatoms. The van der Waals surface area contributed by atoms with E-state index in [1.807, 2.05) is 12.1 Å². The van der Waals surface area contributed by atoms with Gasteiger partial charge >= 0.3 is 0 Å². The third-order valence-electron chi connectivity index (χ3n) is 4.92. The van der Waals surface area contributed by atoms with Crippen LogP contribution in [0.1, 0.15) is 18.7 Å². The van der Waals surface area contributed by atoms with E-state index in [0.717, 1.165) is 5.39 Å². The molecule has 0 saturated heterocycles. The van der Waals surface area contributed by atoms with Gasteiger partial charge in [-0.3, -0.25) is 9.59 Å². The fourth-order valence-electron chi connectivity index (χ4n) is 3.26. The number of aromatic nitrogens is 4. The van der Waals surface area contributed by atoms with Crippen molar-refractivity contribution in [2.24, 2.45) is 0 Å². The number of phenols is 2. The lowest BCUT2D eigenvalue weighted by Crippen LogP contribution is -2.26. The Morgan fingerprint density at radius 2 is 1.91 bits per heavy atom. The van der Waals surface area contributed by atoms with E-state index in [0.29, 0.717) is 36.3 Å². The second kappa shape index (κ2) is 9.81. The number of nitrogens with zero attached hydrogens (tertiary/aromatic N) is 3. The number of carbonyl (C=O) groups is 1. The van der Waals surface area contributed by atoms with E-state index in [1.54, 1.807) is 12.1 Å². The quantitative estimate of drug-likeness (QED) is 0.239. The first-order chi connectivity index (χ1) is 16.0. The van der Waals surface area contributed by atoms with Crippen molar-refractivity contribution < 1.29 is 19.5 Å². The molecule has 0 aliphatic rings. The Morgan fingerprint density at radius 1 is 1.09 bits per heavy atom. The summed E-state index contributed by atoms with van der Waals surface area (Å²) in [5.74, 6) is 0.634. The van der Waals surface area contributed by atoms with E-state index >= 15 is 0 Å². The van der Waals surface area contributed by atoms with Crippen molar-refractivity contribution >= 4 is 22.5 Å². The summed E-state index contributed by atoms with van der Waals surface area (Å²) in [4.78, 5) is 28.1. The van der Waals surface area contributed by atoms with Crippen LogP contribution in [-0.4, -0.2) is 49.5 Å². The highest BCUT2D eigenvalue weighted by Gasteiger charge is 2.14. The molecule has 2 aromatic carbocycles. The maximum Gasteiger partial charge on any atom is 0.272 e. The van der Waals surface area contributed by atoms with E-state index in [-0.39, 0.29) is 47.5 Å². The second-order valence-electron chi connectivity index (χ2n) is 7.29. The zero-order chi connectivity index (χ0) is 23.2. The molecule has 5 N–H and O–H groups in total. The van der Waals surface area contributed by atoms with Crippen LogP contribution in [0.3, 0.4) is 0 Å². The van der Waals surface area contributed by atoms with Crippen molar-refractivity contribution in [1.29, 1.82) is 0 Å². The van der Waals surface area contributed by atoms with Crippen LogP contribution in [0.5, 0.6) is 11.5 Å². The average Bonchev–Trinajstić information content (AvgIpc) is 3.28. The fraction of sp³-hybridized carbons (Fsp3) is 0.227. The van der Waals surface area contributed by atoms with E-state index < -0.39 is 0 Å². The summed E-state index contributed by atoms with van der Waals surface area (Å²) in [5.41, 5.74) is 0.0844. The summed E-state index contributed by atoms with van der Waals surface area (Å²) in [5, 5.41) is 36.9. The highest BCUT2D eigenvalue weighted by molar-refractivity contribution is 5.90. The van der Waals surface area contributed by atoms with Gasteiger partial charge in [0.05, 0.1) is 10.9 Å². The molecule has 2 aromatic heterocycles. The third-order valence-corrected chi connectivity index (χ3v) is 4.92. The molecular formula is C22H22N6O5. The molecule has 11 nitrogen and oxygen atoms in total. The summed E-state index contributed by atoms with van der Waals surface area (Å²) in [6, 6.07) is 11.3. The van der Waals surface area contributed by atoms with Crippen molar-refractivity contribution in [2.75, 3.05) is 18.4 Å². The van der Waals surface area contributed by atoms with Crippen LogP contribution in [0.2, 0.25) is 0 Å². The van der Waals surface area contributed by atoms with Crippen LogP contribution in [0, 0.1) is 0 Å². The summed E-state index contributed by atoms with van der Waals surface area (Å²) in [6.45, 7) is 1.02. The van der Waals surface area contributed by atoms with E-state index in [1.165, 1.54) is 18.2 Å². The Balaban J connectivity index is 1.20. The molecular weight excluding hydrogens is 428 g/mol. The molecule has 0 spiro atoms. The maximum absolute atomic E-state index is 12.1. The van der Waals surface area contributed by atoms with Gasteiger partial charge in [-0.2, -0.15) is 10.1 Å². The van der Waals surface area contributed by atoms with Gasteiger partial charge in [0.1, 0.15) is 11.5 Å². The largest absolute Gasteiger partial charge is 0.508 e. The van der Waals surface area contributed by atoms with E-state index in [9.17, 15) is 19.8 Å². The Morgan fingerprint density at radius 3 is 2.73 bits per heavy atom. The molecule has 4 rings (SSSR count). The minimum Gasteiger partial charge on any atom is -0.508 e. The SMILES string of the molecule is O=C(CCc1nc(-c2ccc(O)cc2O)no1)NCCCNc1n[nH]c(=O)c2ccccc12. The number of phenolic OH excluding ortho intramolecular Hbond substituents is 2. The molecule has 4 aromatic rings. The van der Waals surface area contributed by atoms with Gasteiger partial charge < -0.3 is 25.4 Å². The van der Waals surface area contributed by atoms with E-state index in [2.05, 4.69) is 31.0 Å². The number of nitrogens with one attached hydrogen (secondary N) is 3. The smallest absolute Gasteiger partial charge is 0.272 e. The number of carbonyl (C=O) groups excluding carboxylic acids is 1. The van der Waals surface area contributed by atoms with Crippen LogP contribution < -0.4 is 16.2 Å². The number of rotatable bonds is 9. The number of benzene rings is 2. The lowest BCUT2D eigenvalue weighted by Gasteiger charge is -2.08. The molecule has 0 aliphatic heterocycles. The number of hydrogen-bond donors (Lipinski definition) is 5. The van der Waals surface area contributed by atoms with Crippen molar-refractivity contribution in [3.63, 3.8) is 0 Å². The third kappa shape index (κ3) is 5.26. The van der Waals surface area contributed by atoms with Crippen LogP contribution >= 0.6 is 0 Å². The molecule has 0 fully saturated rings. The Kier molecular flexibility index (Phi) is 6.48. The van der Waals surface area contributed by atoms with Crippen molar-refractivity contribution in [1.82, 2.24) is 25.7 Å². The minimum atomic E-state index is -0.239. The normalized spacial score (nSPS) is 10.9. The first kappa shape index (κ1) is 21.8. The first-order valence-electron chi connectivity index (χ1n) is 10.3. The summed E-state index contributed by atoms with van der Waals surface area (Å²) < 4.78 is 5.13. The van der Waals surface area contributed by atoms with Gasteiger partial charge in [-0.1, -0.05) is 23.4 Å². The fourth-order valence-corrected chi connectivity index (χ4v) is 3.26. The van der Waals surface area contributed by atoms with Gasteiger partial charge in [0.25, 0.3) is 5.56 Å². The molecule has 0 atom stereocenters. The number of hydrogen-bond acceptors (Lipinski definition) is 9. The highest BCUT2D eigenvalue weighted by atomic mass is 16.5. The molecule has 0 unspecified atom stereocenters. The van der Waals surface area contributed by atoms with Crippen LogP contribution in [0.25, 0.3) is 22.2 Å². The van der Waals surface area contributed by atoms with Crippen LogP contribution in [-0.2, 0) is 11.2 Å². The topological polar surface area (TPSA) is 166 Å². The maximum atomic E-state index is 12.1. The first-order valence-corrected chi connectivity index (χ1v) is 10.3. The van der Waals surface area contributed by atoms with Crippen LogP contribution in [0.15, 0.2) is 51.8 Å². The summed E-state index contributed by atoms with van der Waals surface area (Å²) >= 11 is 0. The molecule has 1 amide bonds. The van der Waals surface area contributed by atoms with Crippen molar-refractivity contribution in [3.8, 4) is 22.9 Å². The highest BCUT2D eigenvalue weighted by Crippen LogP contribution is 2.30. The Labute approximate surface area is 187 Å². The summed E-state index contributed by atoms with van der Waals surface area (Å²) in [7, 11) is 0. The summed E-state index contributed by atoms with van der Waals surface area (Å²) in [6.07, 6.45) is 1.08. The van der Waals surface area contributed by atoms with Gasteiger partial charge in [-0.05, 0) is 24.6 Å². The monoisotopic (exact) mass is 450 g/mol. The molecule has 0 radical (unpaired) electrons. The molecule has 0 bridgehead atoms. The predicted molar refractivity (Wildman–Crippen MR) is 120 cm³/mol. The Hall–Kier alpha value is -4.41. The van der Waals surface area contributed by atoms with Gasteiger partial charge in [-0.25, -0.2) is 5.10 Å². The number of fused-ring (bicyclic) bond motifs is 1. The molecule has 0 saturated carbocycles. The number of anilines is 1. The standard InChI is InChI=1S/C22H22N6O5/c29-13-6-7-16(17(30)12-13)21-25-19(33-28-21)9-8-18(31)23-10-3-11-24-20-14-4-1-2-5-15(14)22(32)27-26-20/h1-2,4-7,12,29-30H,3,8-11H2,(H,23,31)(H,24,26)(H,27,32). The minimum absolute atomic E-state index is 0.0739. The molecule has 33 heavy (non-hydrogen) atoms. The zero-order valence-corrected chi connectivity index (χ0v) is 17.5. The van der Waals surface area contributed by atoms with Crippen molar-refractivity contribution in [2.45, 2.75) is 19.3 Å². The molecule has 0 aliphatic carbocycles. The number of aromatic hydroxyl groups is 2. The van der Waals surface area contributed by atoms with Gasteiger partial charge in [0, 0.05) is 37.4 Å². The lowest BCUT2D eigenvalue weighted by atomic mass is 10.2. The van der Waals surface area contributed by atoms with E-state index in [4.69, 9.17) is 4.52 Å². The lowest BCUT2D eigenvalue weighted by molar-refractivity contribution is -0.121. The predicted octanol–water partition coefficient (Wildman–Crippen LogP) is 1.94. The number of H-pyrrole nitrogens is 1. The second-order valence-corrected chi connectivity index (χ2v) is 7.29. The Bertz CT molecular complexity index is 1330. The van der Waals surface area contributed by atoms with Gasteiger partial charge in [-0.15, -0.1) is 0 Å². The zero-order valence-electron chi connectivity index (χ0n) is 17.5. The molecule has 170 valence electrons. The van der Waals surface area contributed by atoms with Crippen LogP contribution in [0.4, 0.5) is 5.82 Å². The number of aryl methyl sites for hydroxylation is 1. The van der Waals surface area contributed by atoms with Crippen molar-refractivity contribution in [3.05, 3.63) is 58.7 Å². The van der Waals surface area contributed by atoms with Gasteiger partial charge in [0.15, 0.2) is 5.82 Å². The molecule has 2 heterocycles. The number of amides is 1. The van der Waals surface area contributed by atoms with Gasteiger partial charge in [0.2, 0.25) is 17.6 Å². The number of aromatic amines is 1.